The van der Waals surface area contributed by atoms with Crippen molar-refractivity contribution in [2.75, 3.05) is 0 Å². The minimum atomic E-state index is 0.979. The van der Waals surface area contributed by atoms with Gasteiger partial charge in [0.05, 0.1) is 0 Å². The number of hydrogen-bond donors (Lipinski definition) is 0. The lowest BCUT2D eigenvalue weighted by molar-refractivity contribution is 1.11. The van der Waals surface area contributed by atoms with Gasteiger partial charge in [-0.2, -0.15) is 0 Å². The van der Waals surface area contributed by atoms with Crippen molar-refractivity contribution in [1.82, 2.24) is 0 Å². The van der Waals surface area contributed by atoms with Crippen molar-refractivity contribution in [3.8, 4) is 0 Å². The Balaban J connectivity index is 2.51. The Bertz CT molecular complexity index is 832. The van der Waals surface area contributed by atoms with Crippen LogP contribution in [0.5, 0.6) is 0 Å². The number of thiophene rings is 1. The zero-order valence-corrected chi connectivity index (χ0v) is 16.2. The number of aryl methyl sites for hydroxylation is 3. The molecule has 0 radical (unpaired) electrons. The molecule has 1 aromatic heterocycles. The third-order valence-electron chi connectivity index (χ3n) is 4.17. The lowest BCUT2D eigenvalue weighted by Gasteiger charge is -2.08. The predicted molar refractivity (Wildman–Crippen MR) is 105 cm³/mol. The molecule has 2 aromatic carbocycles. The highest BCUT2D eigenvalue weighted by atomic mass is 127. The summed E-state index contributed by atoms with van der Waals surface area (Å²) < 4.78 is 4.19. The van der Waals surface area contributed by atoms with Crippen molar-refractivity contribution in [3.05, 3.63) is 43.5 Å². The summed E-state index contributed by atoms with van der Waals surface area (Å²) in [5.74, 6) is 0. The topological polar surface area (TPSA) is 0 Å². The fraction of sp³-hybridized carbons (Fsp3) is 0.333. The van der Waals surface area contributed by atoms with E-state index in [9.17, 15) is 0 Å². The molecule has 0 nitrogen and oxygen atoms in total. The first-order valence-electron chi connectivity index (χ1n) is 7.46. The van der Waals surface area contributed by atoms with Gasteiger partial charge in [-0.3, -0.25) is 0 Å². The number of rotatable bonds is 3. The maximum absolute atomic E-state index is 6.63. The fourth-order valence-electron chi connectivity index (χ4n) is 3.01. The lowest BCUT2D eigenvalue weighted by atomic mass is 10.0. The molecular formula is C18H18ClIS. The molecule has 0 amide bonds. The standard InChI is InChI=1S/C18H18ClIS/c1-4-10-9-14-13-7-8-15(20)11(5-2)17(13)21-18(14)12(6-3)16(10)19/h7-9H,4-6H2,1-3H3. The van der Waals surface area contributed by atoms with Crippen LogP contribution in [-0.2, 0) is 19.3 Å². The van der Waals surface area contributed by atoms with Crippen LogP contribution < -0.4 is 0 Å². The Morgan fingerprint density at radius 1 is 0.952 bits per heavy atom. The van der Waals surface area contributed by atoms with E-state index in [4.69, 9.17) is 11.6 Å². The average Bonchev–Trinajstić information content (AvgIpc) is 2.84. The van der Waals surface area contributed by atoms with Gasteiger partial charge in [0, 0.05) is 28.8 Å². The van der Waals surface area contributed by atoms with E-state index in [1.165, 1.54) is 40.4 Å². The Morgan fingerprint density at radius 2 is 1.62 bits per heavy atom. The summed E-state index contributed by atoms with van der Waals surface area (Å²) in [5, 5.41) is 3.76. The Labute approximate surface area is 148 Å². The van der Waals surface area contributed by atoms with Crippen molar-refractivity contribution in [2.24, 2.45) is 0 Å². The van der Waals surface area contributed by atoms with Crippen molar-refractivity contribution in [3.63, 3.8) is 0 Å². The van der Waals surface area contributed by atoms with Crippen molar-refractivity contribution in [2.45, 2.75) is 40.0 Å². The molecule has 0 aliphatic heterocycles. The van der Waals surface area contributed by atoms with E-state index >= 15 is 0 Å². The minimum absolute atomic E-state index is 0.979. The first kappa shape index (κ1) is 15.6. The zero-order chi connectivity index (χ0) is 15.1. The van der Waals surface area contributed by atoms with E-state index in [-0.39, 0.29) is 0 Å². The summed E-state index contributed by atoms with van der Waals surface area (Å²) in [6, 6.07) is 6.84. The molecule has 0 unspecified atom stereocenters. The van der Waals surface area contributed by atoms with Crippen LogP contribution in [0, 0.1) is 3.57 Å². The molecule has 0 fully saturated rings. The maximum Gasteiger partial charge on any atom is 0.0484 e. The maximum atomic E-state index is 6.63. The molecule has 0 atom stereocenters. The molecule has 3 rings (SSSR count). The van der Waals surface area contributed by atoms with Gasteiger partial charge in [-0.25, -0.2) is 0 Å². The molecule has 0 spiro atoms. The van der Waals surface area contributed by atoms with Gasteiger partial charge >= 0.3 is 0 Å². The van der Waals surface area contributed by atoms with Gasteiger partial charge < -0.3 is 0 Å². The first-order chi connectivity index (χ1) is 10.1. The molecule has 0 aliphatic carbocycles. The number of benzene rings is 2. The smallest absolute Gasteiger partial charge is 0.0484 e. The largest absolute Gasteiger partial charge is 0.135 e. The average molecular weight is 429 g/mol. The molecule has 0 saturated carbocycles. The molecule has 0 bridgehead atoms. The van der Waals surface area contributed by atoms with Crippen LogP contribution in [0.3, 0.4) is 0 Å². The zero-order valence-electron chi connectivity index (χ0n) is 12.5. The van der Waals surface area contributed by atoms with E-state index in [0.29, 0.717) is 0 Å². The second kappa shape index (κ2) is 6.05. The molecule has 110 valence electrons. The summed E-state index contributed by atoms with van der Waals surface area (Å²) in [5.41, 5.74) is 4.08. The van der Waals surface area contributed by atoms with Crippen LogP contribution in [0.4, 0.5) is 0 Å². The minimum Gasteiger partial charge on any atom is -0.135 e. The molecular weight excluding hydrogens is 411 g/mol. The Kier molecular flexibility index (Phi) is 4.49. The van der Waals surface area contributed by atoms with Crippen LogP contribution >= 0.6 is 45.5 Å². The molecule has 3 aromatic rings. The van der Waals surface area contributed by atoms with Gasteiger partial charge in [-0.05, 0) is 70.7 Å². The number of halogens is 2. The van der Waals surface area contributed by atoms with Gasteiger partial charge in [0.15, 0.2) is 0 Å². The van der Waals surface area contributed by atoms with Gasteiger partial charge in [-0.1, -0.05) is 38.4 Å². The van der Waals surface area contributed by atoms with Crippen LogP contribution in [0.1, 0.15) is 37.5 Å². The molecule has 3 heteroatoms. The van der Waals surface area contributed by atoms with E-state index in [1.54, 1.807) is 0 Å². The van der Waals surface area contributed by atoms with Crippen molar-refractivity contribution >= 4 is 65.7 Å². The Hall–Kier alpha value is -0.320. The summed E-state index contributed by atoms with van der Waals surface area (Å²) >= 11 is 11.0. The normalized spacial score (nSPS) is 11.7. The van der Waals surface area contributed by atoms with Crippen LogP contribution in [0.15, 0.2) is 18.2 Å². The summed E-state index contributed by atoms with van der Waals surface area (Å²) in [6.07, 6.45) is 3.07. The third kappa shape index (κ3) is 2.40. The molecule has 0 saturated heterocycles. The van der Waals surface area contributed by atoms with Gasteiger partial charge in [0.2, 0.25) is 0 Å². The molecule has 1 heterocycles. The number of fused-ring (bicyclic) bond motifs is 3. The second-order valence-corrected chi connectivity index (χ2v) is 7.83. The van der Waals surface area contributed by atoms with E-state index in [2.05, 4.69) is 61.6 Å². The predicted octanol–water partition coefficient (Wildman–Crippen LogP) is 7.00. The van der Waals surface area contributed by atoms with Gasteiger partial charge in [0.1, 0.15) is 0 Å². The van der Waals surface area contributed by atoms with Crippen molar-refractivity contribution < 1.29 is 0 Å². The Morgan fingerprint density at radius 3 is 2.24 bits per heavy atom. The lowest BCUT2D eigenvalue weighted by Crippen LogP contribution is -1.90. The highest BCUT2D eigenvalue weighted by Gasteiger charge is 2.16. The van der Waals surface area contributed by atoms with E-state index in [0.717, 1.165) is 24.3 Å². The fourth-order valence-corrected chi connectivity index (χ4v) is 6.02. The quantitative estimate of drug-likeness (QED) is 0.394. The number of hydrogen-bond acceptors (Lipinski definition) is 1. The summed E-state index contributed by atoms with van der Waals surface area (Å²) in [6.45, 7) is 6.63. The van der Waals surface area contributed by atoms with Gasteiger partial charge in [0.25, 0.3) is 0 Å². The van der Waals surface area contributed by atoms with Crippen LogP contribution in [0.2, 0.25) is 5.02 Å². The van der Waals surface area contributed by atoms with E-state index in [1.807, 2.05) is 11.3 Å². The highest BCUT2D eigenvalue weighted by Crippen LogP contribution is 2.42. The second-order valence-electron chi connectivity index (χ2n) is 5.27. The SMILES string of the molecule is CCc1cc2c(sc3c(CC)c(I)ccc32)c(CC)c1Cl. The monoisotopic (exact) mass is 428 g/mol. The van der Waals surface area contributed by atoms with E-state index < -0.39 is 0 Å². The van der Waals surface area contributed by atoms with Crippen LogP contribution in [-0.4, -0.2) is 0 Å². The highest BCUT2D eigenvalue weighted by molar-refractivity contribution is 14.1. The first-order valence-corrected chi connectivity index (χ1v) is 9.73. The molecule has 0 N–H and O–H groups in total. The molecule has 0 aliphatic rings. The third-order valence-corrected chi connectivity index (χ3v) is 6.99. The van der Waals surface area contributed by atoms with Crippen molar-refractivity contribution in [1.29, 1.82) is 0 Å². The summed E-state index contributed by atoms with van der Waals surface area (Å²) in [4.78, 5) is 0. The summed E-state index contributed by atoms with van der Waals surface area (Å²) in [7, 11) is 0. The van der Waals surface area contributed by atoms with Gasteiger partial charge in [-0.15, -0.1) is 11.3 Å². The molecule has 21 heavy (non-hydrogen) atoms. The van der Waals surface area contributed by atoms with Crippen LogP contribution in [0.25, 0.3) is 20.2 Å².